The largest absolute Gasteiger partial charge is 0.472 e. The van der Waals surface area contributed by atoms with Crippen LogP contribution in [0.2, 0.25) is 0 Å². The molecule has 1 unspecified atom stereocenters. The highest BCUT2D eigenvalue weighted by Gasteiger charge is 2.27. The second-order valence-electron chi connectivity index (χ2n) is 15.2. The van der Waals surface area contributed by atoms with Gasteiger partial charge < -0.3 is 25.2 Å². The van der Waals surface area contributed by atoms with Crippen LogP contribution in [0.5, 0.6) is 0 Å². The molecule has 0 fully saturated rings. The summed E-state index contributed by atoms with van der Waals surface area (Å²) in [5, 5.41) is 10.2. The molecule has 5 atom stereocenters. The Morgan fingerprint density at radius 3 is 2.02 bits per heavy atom. The fourth-order valence-electron chi connectivity index (χ4n) is 6.50. The molecule has 12 heteroatoms. The number of aliphatic hydroxyl groups excluding tert-OH is 1. The van der Waals surface area contributed by atoms with Gasteiger partial charge in [-0.15, -0.1) is 0 Å². The van der Waals surface area contributed by atoms with Gasteiger partial charge in [-0.1, -0.05) is 140 Å². The van der Waals surface area contributed by atoms with Gasteiger partial charge in [-0.05, 0) is 69.8 Å². The SMILES string of the molecule is CCCCCCCC/C=C\CCCCCCCCCC(=O)O[C@H](COC(=O)CCC/C=C\C[C@H]1C=CC(=O)[C@@H]1/C=C/[C@@H](O)CCCCC)COP(=O)(O)OCCN. The number of carbonyl (C=O) groups is 3. The number of esters is 2. The number of allylic oxidation sites excluding steroid dienone is 7. The zero-order valence-corrected chi connectivity index (χ0v) is 36.3. The first kappa shape index (κ1) is 52.6. The van der Waals surface area contributed by atoms with Crippen molar-refractivity contribution in [2.45, 2.75) is 180 Å². The maximum absolute atomic E-state index is 12.6. The number of carbonyl (C=O) groups excluding carboxylic acids is 3. The van der Waals surface area contributed by atoms with Crippen LogP contribution in [0.25, 0.3) is 0 Å². The third-order valence-corrected chi connectivity index (χ3v) is 10.9. The van der Waals surface area contributed by atoms with Crippen molar-refractivity contribution in [2.75, 3.05) is 26.4 Å². The Bertz CT molecular complexity index is 1220. The molecule has 0 bridgehead atoms. The van der Waals surface area contributed by atoms with Crippen molar-refractivity contribution in [2.24, 2.45) is 17.6 Å². The molecular formula is C45H78NO10P. The van der Waals surface area contributed by atoms with E-state index in [4.69, 9.17) is 24.3 Å². The molecule has 1 aliphatic rings. The van der Waals surface area contributed by atoms with E-state index in [0.29, 0.717) is 32.1 Å². The van der Waals surface area contributed by atoms with Crippen molar-refractivity contribution in [1.82, 2.24) is 0 Å². The second kappa shape index (κ2) is 35.5. The smallest absolute Gasteiger partial charge is 0.462 e. The number of nitrogens with two attached hydrogens (primary N) is 1. The normalized spacial score (nSPS) is 17.9. The van der Waals surface area contributed by atoms with E-state index >= 15 is 0 Å². The summed E-state index contributed by atoms with van der Waals surface area (Å²) in [7, 11) is -4.43. The minimum atomic E-state index is -4.43. The van der Waals surface area contributed by atoms with E-state index in [2.05, 4.69) is 26.0 Å². The van der Waals surface area contributed by atoms with Crippen molar-refractivity contribution in [3.63, 3.8) is 0 Å². The Labute approximate surface area is 344 Å². The molecule has 0 aliphatic heterocycles. The summed E-state index contributed by atoms with van der Waals surface area (Å²) in [6.45, 7) is 3.39. The highest BCUT2D eigenvalue weighted by molar-refractivity contribution is 7.47. The topological polar surface area (TPSA) is 172 Å². The van der Waals surface area contributed by atoms with Crippen LogP contribution in [0.15, 0.2) is 48.6 Å². The van der Waals surface area contributed by atoms with Gasteiger partial charge in [-0.3, -0.25) is 23.4 Å². The third kappa shape index (κ3) is 30.3. The number of phosphoric ester groups is 1. The Morgan fingerprint density at radius 1 is 0.772 bits per heavy atom. The summed E-state index contributed by atoms with van der Waals surface area (Å²) < 4.78 is 32.8. The Morgan fingerprint density at radius 2 is 1.35 bits per heavy atom. The Balaban J connectivity index is 2.35. The van der Waals surface area contributed by atoms with Gasteiger partial charge in [-0.25, -0.2) is 4.57 Å². The first-order valence-electron chi connectivity index (χ1n) is 22.2. The van der Waals surface area contributed by atoms with Crippen LogP contribution in [0.3, 0.4) is 0 Å². The van der Waals surface area contributed by atoms with Crippen LogP contribution >= 0.6 is 7.82 Å². The minimum absolute atomic E-state index is 0.0231. The average molecular weight is 824 g/mol. The number of ketones is 1. The molecule has 0 radical (unpaired) electrons. The summed E-state index contributed by atoms with van der Waals surface area (Å²) in [5.74, 6) is -1.19. The number of hydrogen-bond donors (Lipinski definition) is 3. The number of rotatable bonds is 38. The average Bonchev–Trinajstić information content (AvgIpc) is 3.54. The lowest BCUT2D eigenvalue weighted by Gasteiger charge is -2.19. The molecule has 0 heterocycles. The molecule has 0 saturated carbocycles. The Hall–Kier alpha value is -2.40. The number of aliphatic hydroxyl groups is 1. The van der Waals surface area contributed by atoms with Gasteiger partial charge in [0, 0.05) is 25.3 Å². The van der Waals surface area contributed by atoms with Crippen LogP contribution in [0.4, 0.5) is 0 Å². The van der Waals surface area contributed by atoms with Crippen LogP contribution < -0.4 is 5.73 Å². The van der Waals surface area contributed by atoms with Crippen molar-refractivity contribution < 1.29 is 47.5 Å². The second-order valence-corrected chi connectivity index (χ2v) is 16.7. The highest BCUT2D eigenvalue weighted by atomic mass is 31.2. The fourth-order valence-corrected chi connectivity index (χ4v) is 7.27. The molecule has 0 spiro atoms. The van der Waals surface area contributed by atoms with E-state index in [1.807, 2.05) is 24.3 Å². The van der Waals surface area contributed by atoms with Gasteiger partial charge in [0.25, 0.3) is 0 Å². The van der Waals surface area contributed by atoms with E-state index in [0.717, 1.165) is 44.9 Å². The van der Waals surface area contributed by atoms with E-state index in [-0.39, 0.29) is 50.2 Å². The molecule has 0 amide bonds. The molecule has 0 aromatic heterocycles. The van der Waals surface area contributed by atoms with Crippen molar-refractivity contribution in [3.8, 4) is 0 Å². The van der Waals surface area contributed by atoms with Gasteiger partial charge in [0.15, 0.2) is 11.9 Å². The predicted octanol–water partition coefficient (Wildman–Crippen LogP) is 10.3. The number of hydrogen-bond acceptors (Lipinski definition) is 10. The molecule has 328 valence electrons. The lowest BCUT2D eigenvalue weighted by Crippen LogP contribution is -2.29. The minimum Gasteiger partial charge on any atom is -0.462 e. The van der Waals surface area contributed by atoms with E-state index in [1.165, 1.54) is 64.2 Å². The van der Waals surface area contributed by atoms with Gasteiger partial charge in [0.05, 0.1) is 19.3 Å². The van der Waals surface area contributed by atoms with E-state index < -0.39 is 38.6 Å². The van der Waals surface area contributed by atoms with E-state index in [1.54, 1.807) is 12.2 Å². The summed E-state index contributed by atoms with van der Waals surface area (Å²) in [6, 6.07) is 0. The van der Waals surface area contributed by atoms with Crippen molar-refractivity contribution >= 4 is 25.5 Å². The number of ether oxygens (including phenoxy) is 2. The monoisotopic (exact) mass is 824 g/mol. The molecule has 11 nitrogen and oxygen atoms in total. The summed E-state index contributed by atoms with van der Waals surface area (Å²) in [4.78, 5) is 47.4. The fraction of sp³-hybridized carbons (Fsp3) is 0.756. The summed E-state index contributed by atoms with van der Waals surface area (Å²) >= 11 is 0. The molecule has 0 aromatic carbocycles. The molecule has 1 aliphatic carbocycles. The molecule has 57 heavy (non-hydrogen) atoms. The first-order valence-corrected chi connectivity index (χ1v) is 23.7. The molecule has 1 rings (SSSR count). The molecule has 0 aromatic rings. The Kier molecular flexibility index (Phi) is 32.8. The van der Waals surface area contributed by atoms with Crippen molar-refractivity contribution in [1.29, 1.82) is 0 Å². The quantitative estimate of drug-likeness (QED) is 0.0234. The molecular weight excluding hydrogens is 745 g/mol. The number of unbranched alkanes of at least 4 members (excludes halogenated alkanes) is 16. The molecule has 0 saturated heterocycles. The van der Waals surface area contributed by atoms with Crippen molar-refractivity contribution in [3.05, 3.63) is 48.6 Å². The molecule has 4 N–H and O–H groups in total. The maximum atomic E-state index is 12.6. The van der Waals surface area contributed by atoms with Gasteiger partial charge in [-0.2, -0.15) is 0 Å². The number of phosphoric acid groups is 1. The standard InChI is InChI=1S/C45H78NO10P/c1-3-5-7-8-9-10-11-12-13-14-15-16-17-18-19-20-26-30-45(50)56-41(38-55-57(51,52)54-36-35-46)37-53-44(49)29-25-22-21-24-27-39-31-34-43(48)42(39)33-32-40(47)28-23-6-4-2/h12-13,21,24,31-34,39-42,47H,3-11,14-20,22-23,25-30,35-38,46H2,1-2H3,(H,51,52)/b13-12-,24-21-,33-32+/t39-,40-,41+,42+/m0/s1. The maximum Gasteiger partial charge on any atom is 0.472 e. The lowest BCUT2D eigenvalue weighted by molar-refractivity contribution is -0.161. The summed E-state index contributed by atoms with van der Waals surface area (Å²) in [5.41, 5.74) is 5.34. The zero-order valence-electron chi connectivity index (χ0n) is 35.4. The van der Waals surface area contributed by atoms with Gasteiger partial charge >= 0.3 is 19.8 Å². The highest BCUT2D eigenvalue weighted by Crippen LogP contribution is 2.43. The van der Waals surface area contributed by atoms with E-state index in [9.17, 15) is 28.9 Å². The van der Waals surface area contributed by atoms with Crippen LogP contribution in [0, 0.1) is 11.8 Å². The first-order chi connectivity index (χ1) is 27.6. The third-order valence-electron chi connectivity index (χ3n) is 9.94. The van der Waals surface area contributed by atoms with Gasteiger partial charge in [0.2, 0.25) is 0 Å². The predicted molar refractivity (Wildman–Crippen MR) is 228 cm³/mol. The lowest BCUT2D eigenvalue weighted by atomic mass is 9.90. The van der Waals surface area contributed by atoms with Crippen LogP contribution in [-0.4, -0.2) is 66.3 Å². The van der Waals surface area contributed by atoms with Crippen LogP contribution in [0.1, 0.15) is 168 Å². The van der Waals surface area contributed by atoms with Crippen LogP contribution in [-0.2, 0) is 37.5 Å². The zero-order chi connectivity index (χ0) is 41.8. The summed E-state index contributed by atoms with van der Waals surface area (Å²) in [6.07, 6.45) is 37.7. The van der Waals surface area contributed by atoms with Gasteiger partial charge in [0.1, 0.15) is 6.61 Å².